The van der Waals surface area contributed by atoms with Crippen LogP contribution in [0, 0.1) is 0 Å². The van der Waals surface area contributed by atoms with Gasteiger partial charge >= 0.3 is 15.6 Å². The van der Waals surface area contributed by atoms with Crippen LogP contribution >= 0.6 is 15.6 Å². The topological polar surface area (TPSA) is 126 Å². The highest BCUT2D eigenvalue weighted by atomic mass is 31.3. The Balaban J connectivity index is 0. The minimum atomic E-state index is -4.39. The Bertz CT molecular complexity index is 262. The Hall–Kier alpha value is 0.220. The lowest BCUT2D eigenvalue weighted by molar-refractivity contribution is 0.136. The SMILES string of the molecule is CCOP(=O)(O)OP(=O)(OCC)OCC.N. The van der Waals surface area contributed by atoms with Crippen LogP contribution in [0.25, 0.3) is 0 Å². The molecule has 0 saturated carbocycles. The summed E-state index contributed by atoms with van der Waals surface area (Å²) in [5.41, 5.74) is 0. The van der Waals surface area contributed by atoms with Crippen molar-refractivity contribution in [2.24, 2.45) is 0 Å². The molecule has 1 unspecified atom stereocenters. The average Bonchev–Trinajstić information content (AvgIpc) is 2.02. The first-order valence-corrected chi connectivity index (χ1v) is 7.42. The predicted octanol–water partition coefficient (Wildman–Crippen LogP) is 2.48. The zero-order chi connectivity index (χ0) is 11.9. The minimum absolute atomic E-state index is 0. The fourth-order valence-electron chi connectivity index (χ4n) is 0.714. The van der Waals surface area contributed by atoms with Crippen LogP contribution in [-0.4, -0.2) is 24.7 Å². The van der Waals surface area contributed by atoms with Crippen molar-refractivity contribution in [2.45, 2.75) is 20.8 Å². The standard InChI is InChI=1S/C6H16O7P2.H3N/c1-4-10-14(7,8)13-15(9,11-5-2)12-6-3;/h4-6H2,1-3H3,(H,7,8);1H3. The number of hydrogen-bond acceptors (Lipinski definition) is 7. The van der Waals surface area contributed by atoms with Crippen molar-refractivity contribution in [1.82, 2.24) is 6.15 Å². The van der Waals surface area contributed by atoms with E-state index in [0.29, 0.717) is 0 Å². The lowest BCUT2D eigenvalue weighted by Crippen LogP contribution is -2.00. The summed E-state index contributed by atoms with van der Waals surface area (Å²) in [5.74, 6) is 0. The highest BCUT2D eigenvalue weighted by molar-refractivity contribution is 7.61. The molecule has 4 N–H and O–H groups in total. The van der Waals surface area contributed by atoms with E-state index in [9.17, 15) is 9.13 Å². The van der Waals surface area contributed by atoms with Crippen LogP contribution in [0.5, 0.6) is 0 Å². The van der Waals surface area contributed by atoms with Crippen LogP contribution in [0.15, 0.2) is 0 Å². The van der Waals surface area contributed by atoms with Gasteiger partial charge in [0.15, 0.2) is 0 Å². The normalized spacial score (nSPS) is 15.2. The van der Waals surface area contributed by atoms with E-state index in [1.54, 1.807) is 13.8 Å². The van der Waals surface area contributed by atoms with Crippen LogP contribution < -0.4 is 6.15 Å². The van der Waals surface area contributed by atoms with Crippen molar-refractivity contribution in [3.63, 3.8) is 0 Å². The van der Waals surface area contributed by atoms with Gasteiger partial charge in [0.25, 0.3) is 0 Å². The van der Waals surface area contributed by atoms with Crippen molar-refractivity contribution in [1.29, 1.82) is 0 Å². The number of phosphoric ester groups is 2. The minimum Gasteiger partial charge on any atom is -0.344 e. The molecular weight excluding hydrogens is 260 g/mol. The van der Waals surface area contributed by atoms with E-state index in [1.807, 2.05) is 0 Å². The molecule has 0 amide bonds. The molecule has 0 aromatic heterocycles. The molecule has 0 bridgehead atoms. The number of hydrogen-bond donors (Lipinski definition) is 2. The zero-order valence-corrected chi connectivity index (χ0v) is 11.4. The molecule has 0 aromatic rings. The first-order valence-electron chi connectivity index (χ1n) is 4.47. The van der Waals surface area contributed by atoms with Gasteiger partial charge in [0.05, 0.1) is 19.8 Å². The van der Waals surface area contributed by atoms with Gasteiger partial charge in [-0.2, -0.15) is 4.31 Å². The maximum absolute atomic E-state index is 11.6. The van der Waals surface area contributed by atoms with E-state index >= 15 is 0 Å². The Morgan fingerprint density at radius 2 is 1.31 bits per heavy atom. The van der Waals surface area contributed by atoms with E-state index in [0.717, 1.165) is 0 Å². The van der Waals surface area contributed by atoms with Gasteiger partial charge in [-0.15, -0.1) is 0 Å². The largest absolute Gasteiger partial charge is 0.483 e. The van der Waals surface area contributed by atoms with Gasteiger partial charge in [-0.25, -0.2) is 9.13 Å². The van der Waals surface area contributed by atoms with Gasteiger partial charge in [-0.3, -0.25) is 13.6 Å². The third kappa shape index (κ3) is 7.49. The number of rotatable bonds is 8. The molecule has 1 atom stereocenters. The maximum atomic E-state index is 11.6. The van der Waals surface area contributed by atoms with Gasteiger partial charge in [0, 0.05) is 0 Å². The zero-order valence-electron chi connectivity index (χ0n) is 9.62. The van der Waals surface area contributed by atoms with E-state index in [-0.39, 0.29) is 26.0 Å². The molecule has 16 heavy (non-hydrogen) atoms. The molecule has 0 aliphatic heterocycles. The Kier molecular flexibility index (Phi) is 9.68. The first kappa shape index (κ1) is 18.6. The fraction of sp³-hybridized carbons (Fsp3) is 1.00. The van der Waals surface area contributed by atoms with Crippen LogP contribution in [-0.2, 0) is 27.0 Å². The van der Waals surface area contributed by atoms with E-state index in [1.165, 1.54) is 6.92 Å². The summed E-state index contributed by atoms with van der Waals surface area (Å²) >= 11 is 0. The molecule has 10 heteroatoms. The highest BCUT2D eigenvalue weighted by Crippen LogP contribution is 2.63. The van der Waals surface area contributed by atoms with Crippen molar-refractivity contribution in [2.75, 3.05) is 19.8 Å². The van der Waals surface area contributed by atoms with Gasteiger partial charge in [0.2, 0.25) is 0 Å². The summed E-state index contributed by atoms with van der Waals surface area (Å²) in [7, 11) is -8.40. The average molecular weight is 279 g/mol. The molecule has 0 radical (unpaired) electrons. The monoisotopic (exact) mass is 279 g/mol. The molecule has 0 saturated heterocycles. The third-order valence-corrected chi connectivity index (χ3v) is 4.43. The first-order chi connectivity index (χ1) is 6.89. The predicted molar refractivity (Wildman–Crippen MR) is 58.4 cm³/mol. The van der Waals surface area contributed by atoms with Crippen molar-refractivity contribution in [3.8, 4) is 0 Å². The fourth-order valence-corrected chi connectivity index (χ4v) is 3.32. The van der Waals surface area contributed by atoms with Crippen LogP contribution in [0.1, 0.15) is 20.8 Å². The van der Waals surface area contributed by atoms with Crippen molar-refractivity contribution >= 4 is 15.6 Å². The quantitative estimate of drug-likeness (QED) is 0.649. The summed E-state index contributed by atoms with van der Waals surface area (Å²) in [4.78, 5) is 9.08. The van der Waals surface area contributed by atoms with Gasteiger partial charge in [0.1, 0.15) is 0 Å². The maximum Gasteiger partial charge on any atom is 0.483 e. The molecule has 100 valence electrons. The summed E-state index contributed by atoms with van der Waals surface area (Å²) in [6.07, 6.45) is 0. The van der Waals surface area contributed by atoms with Crippen LogP contribution in [0.4, 0.5) is 0 Å². The second kappa shape index (κ2) is 8.33. The van der Waals surface area contributed by atoms with Crippen molar-refractivity contribution in [3.05, 3.63) is 0 Å². The Morgan fingerprint density at radius 3 is 1.62 bits per heavy atom. The van der Waals surface area contributed by atoms with Crippen LogP contribution in [0.2, 0.25) is 0 Å². The molecule has 0 fully saturated rings. The van der Waals surface area contributed by atoms with E-state index < -0.39 is 15.6 Å². The smallest absolute Gasteiger partial charge is 0.344 e. The molecule has 8 nitrogen and oxygen atoms in total. The number of phosphoric acid groups is 2. The lowest BCUT2D eigenvalue weighted by Gasteiger charge is -2.18. The van der Waals surface area contributed by atoms with E-state index in [2.05, 4.69) is 17.9 Å². The second-order valence-corrected chi connectivity index (χ2v) is 5.51. The summed E-state index contributed by atoms with van der Waals surface area (Å²) in [6, 6.07) is 0. The molecular formula is C6H19NO7P2. The highest BCUT2D eigenvalue weighted by Gasteiger charge is 2.37. The van der Waals surface area contributed by atoms with Crippen molar-refractivity contribution < 1.29 is 31.9 Å². The molecule has 0 heterocycles. The third-order valence-electron chi connectivity index (χ3n) is 1.07. The molecule has 0 spiro atoms. The Labute approximate surface area is 95.0 Å². The summed E-state index contributed by atoms with van der Waals surface area (Å²) < 4.78 is 40.8. The van der Waals surface area contributed by atoms with Gasteiger partial charge in [-0.1, -0.05) is 0 Å². The molecule has 0 aliphatic rings. The molecule has 0 aromatic carbocycles. The van der Waals surface area contributed by atoms with Gasteiger partial charge < -0.3 is 11.0 Å². The molecule has 0 aliphatic carbocycles. The Morgan fingerprint density at radius 1 is 0.938 bits per heavy atom. The van der Waals surface area contributed by atoms with Gasteiger partial charge in [-0.05, 0) is 20.8 Å². The lowest BCUT2D eigenvalue weighted by atomic mass is 10.9. The van der Waals surface area contributed by atoms with Crippen LogP contribution in [0.3, 0.4) is 0 Å². The van der Waals surface area contributed by atoms with E-state index in [4.69, 9.17) is 4.89 Å². The summed E-state index contributed by atoms with van der Waals surface area (Å²) in [6.45, 7) is 4.62. The second-order valence-electron chi connectivity index (χ2n) is 2.25. The molecule has 0 rings (SSSR count). The summed E-state index contributed by atoms with van der Waals surface area (Å²) in [5, 5.41) is 0.